The van der Waals surface area contributed by atoms with Crippen LogP contribution in [0.25, 0.3) is 11.5 Å². The molecule has 35 heavy (non-hydrogen) atoms. The number of amides is 1. The third-order valence-electron chi connectivity index (χ3n) is 4.88. The zero-order valence-corrected chi connectivity index (χ0v) is 20.3. The molecular weight excluding hydrogens is 494 g/mol. The summed E-state index contributed by atoms with van der Waals surface area (Å²) in [6.07, 6.45) is 0. The van der Waals surface area contributed by atoms with E-state index in [1.54, 1.807) is 0 Å². The van der Waals surface area contributed by atoms with Gasteiger partial charge in [-0.2, -0.15) is 4.98 Å². The molecule has 0 aliphatic carbocycles. The third-order valence-corrected chi connectivity index (χ3v) is 7.63. The van der Waals surface area contributed by atoms with E-state index < -0.39 is 26.5 Å². The lowest BCUT2D eigenvalue weighted by molar-refractivity contribution is -0.113. The number of sulfone groups is 1. The number of nitrogens with zero attached hydrogens (tertiary/aromatic N) is 1. The van der Waals surface area contributed by atoms with Crippen LogP contribution in [-0.2, 0) is 14.6 Å². The molecular formula is C25H20F2N2O4S2. The first-order valence-corrected chi connectivity index (χ1v) is 12.9. The van der Waals surface area contributed by atoms with Gasteiger partial charge in [0.2, 0.25) is 31.8 Å². The van der Waals surface area contributed by atoms with Crippen molar-refractivity contribution in [2.45, 2.75) is 28.9 Å². The number of carbonyl (C=O) groups is 1. The molecule has 1 amide bonds. The molecule has 0 saturated heterocycles. The summed E-state index contributed by atoms with van der Waals surface area (Å²) in [5.74, 6) is -1.64. The van der Waals surface area contributed by atoms with Crippen LogP contribution in [0.3, 0.4) is 0 Å². The van der Waals surface area contributed by atoms with Crippen molar-refractivity contribution < 1.29 is 26.4 Å². The van der Waals surface area contributed by atoms with Crippen molar-refractivity contribution >= 4 is 33.2 Å². The van der Waals surface area contributed by atoms with Gasteiger partial charge in [0.25, 0.3) is 0 Å². The number of halogens is 2. The van der Waals surface area contributed by atoms with Crippen LogP contribution in [0.1, 0.15) is 11.1 Å². The number of oxazole rings is 1. The second-order valence-electron chi connectivity index (χ2n) is 7.79. The lowest BCUT2D eigenvalue weighted by Gasteiger charge is -2.07. The normalized spacial score (nSPS) is 11.4. The highest BCUT2D eigenvalue weighted by molar-refractivity contribution is 8.00. The van der Waals surface area contributed by atoms with Crippen molar-refractivity contribution in [3.63, 3.8) is 0 Å². The highest BCUT2D eigenvalue weighted by Crippen LogP contribution is 2.35. The third kappa shape index (κ3) is 5.77. The number of hydrogen-bond acceptors (Lipinski definition) is 6. The average Bonchev–Trinajstić information content (AvgIpc) is 3.23. The number of anilines is 1. The Balaban J connectivity index is 1.64. The Morgan fingerprint density at radius 1 is 0.943 bits per heavy atom. The van der Waals surface area contributed by atoms with Crippen LogP contribution in [0, 0.1) is 25.5 Å². The summed E-state index contributed by atoms with van der Waals surface area (Å²) in [4.78, 5) is 16.5. The Bertz CT molecular complexity index is 1460. The summed E-state index contributed by atoms with van der Waals surface area (Å²) in [7, 11) is -4.20. The average molecular weight is 515 g/mol. The Labute approximate surface area is 205 Å². The predicted molar refractivity (Wildman–Crippen MR) is 129 cm³/mol. The van der Waals surface area contributed by atoms with E-state index in [2.05, 4.69) is 10.3 Å². The summed E-state index contributed by atoms with van der Waals surface area (Å²) < 4.78 is 58.9. The molecule has 1 N–H and O–H groups in total. The van der Waals surface area contributed by atoms with Crippen molar-refractivity contribution in [3.05, 3.63) is 89.5 Å². The summed E-state index contributed by atoms with van der Waals surface area (Å²) >= 11 is 0.858. The second kappa shape index (κ2) is 10.0. The molecule has 0 bridgehead atoms. The van der Waals surface area contributed by atoms with Crippen molar-refractivity contribution in [2.24, 2.45) is 0 Å². The quantitative estimate of drug-likeness (QED) is 0.248. The van der Waals surface area contributed by atoms with Gasteiger partial charge in [-0.15, -0.1) is 0 Å². The first-order valence-electron chi connectivity index (χ1n) is 10.4. The maximum absolute atomic E-state index is 13.3. The molecule has 6 nitrogen and oxygen atoms in total. The Hall–Kier alpha value is -3.50. The largest absolute Gasteiger partial charge is 0.428 e. The van der Waals surface area contributed by atoms with E-state index >= 15 is 0 Å². The number of aryl methyl sites for hydroxylation is 2. The maximum atomic E-state index is 13.3. The van der Waals surface area contributed by atoms with Crippen LogP contribution in [0.5, 0.6) is 0 Å². The fraction of sp³-hybridized carbons (Fsp3) is 0.120. The maximum Gasteiger partial charge on any atom is 0.234 e. The molecule has 0 fully saturated rings. The van der Waals surface area contributed by atoms with E-state index in [1.807, 2.05) is 32.0 Å². The van der Waals surface area contributed by atoms with Gasteiger partial charge in [-0.05, 0) is 85.6 Å². The molecule has 0 atom stereocenters. The van der Waals surface area contributed by atoms with Crippen molar-refractivity contribution in [2.75, 3.05) is 11.1 Å². The van der Waals surface area contributed by atoms with E-state index in [4.69, 9.17) is 4.42 Å². The summed E-state index contributed by atoms with van der Waals surface area (Å²) in [6, 6.07) is 15.1. The van der Waals surface area contributed by atoms with Gasteiger partial charge in [0, 0.05) is 11.3 Å². The van der Waals surface area contributed by atoms with Crippen LogP contribution in [-0.4, -0.2) is 25.1 Å². The lowest BCUT2D eigenvalue weighted by Crippen LogP contribution is -2.14. The fourth-order valence-corrected chi connectivity index (χ4v) is 5.70. The molecule has 4 rings (SSSR count). The molecule has 1 aromatic heterocycles. The molecule has 180 valence electrons. The van der Waals surface area contributed by atoms with Crippen molar-refractivity contribution in [3.8, 4) is 11.5 Å². The molecule has 3 aromatic carbocycles. The number of benzene rings is 3. The summed E-state index contributed by atoms with van der Waals surface area (Å²) in [5.41, 5.74) is 2.95. The number of hydrogen-bond donors (Lipinski definition) is 1. The minimum Gasteiger partial charge on any atom is -0.428 e. The van der Waals surface area contributed by atoms with E-state index in [0.717, 1.165) is 47.2 Å². The zero-order valence-electron chi connectivity index (χ0n) is 18.7. The van der Waals surface area contributed by atoms with Crippen LogP contribution >= 0.6 is 11.8 Å². The van der Waals surface area contributed by atoms with Gasteiger partial charge in [0.1, 0.15) is 11.6 Å². The Morgan fingerprint density at radius 3 is 2.11 bits per heavy atom. The molecule has 0 saturated carbocycles. The zero-order chi connectivity index (χ0) is 25.2. The van der Waals surface area contributed by atoms with Crippen LogP contribution in [0.2, 0.25) is 0 Å². The van der Waals surface area contributed by atoms with E-state index in [0.29, 0.717) is 11.3 Å². The van der Waals surface area contributed by atoms with Crippen LogP contribution in [0.4, 0.5) is 14.5 Å². The van der Waals surface area contributed by atoms with Gasteiger partial charge in [-0.1, -0.05) is 17.8 Å². The predicted octanol–water partition coefficient (Wildman–Crippen LogP) is 5.80. The number of thioether (sulfide) groups is 1. The van der Waals surface area contributed by atoms with E-state index in [1.165, 1.54) is 24.3 Å². The Kier molecular flexibility index (Phi) is 7.04. The van der Waals surface area contributed by atoms with Gasteiger partial charge in [0.05, 0.1) is 10.6 Å². The Morgan fingerprint density at radius 2 is 1.51 bits per heavy atom. The smallest absolute Gasteiger partial charge is 0.234 e. The van der Waals surface area contributed by atoms with E-state index in [9.17, 15) is 22.0 Å². The highest BCUT2D eigenvalue weighted by Gasteiger charge is 2.29. The first-order chi connectivity index (χ1) is 16.6. The molecule has 4 aromatic rings. The highest BCUT2D eigenvalue weighted by atomic mass is 32.2. The van der Waals surface area contributed by atoms with Gasteiger partial charge in [-0.25, -0.2) is 17.2 Å². The van der Waals surface area contributed by atoms with Gasteiger partial charge in [-0.3, -0.25) is 4.79 Å². The standard InChI is InChI=1S/C25H20F2N2O4S2/c1-15-11-16(2)13-20(12-15)28-22(30)14-34-25-24(35(31,32)21-9-7-19(27)8-10-21)29-23(33-25)17-3-5-18(26)6-4-17/h3-13H,14H2,1-2H3,(H,28,30). The molecule has 0 unspecified atom stereocenters. The molecule has 10 heteroatoms. The molecule has 0 radical (unpaired) electrons. The number of carbonyl (C=O) groups excluding carboxylic acids is 1. The van der Waals surface area contributed by atoms with Gasteiger partial charge < -0.3 is 9.73 Å². The monoisotopic (exact) mass is 514 g/mol. The van der Waals surface area contributed by atoms with Crippen molar-refractivity contribution in [1.82, 2.24) is 4.98 Å². The number of aromatic nitrogens is 1. The SMILES string of the molecule is Cc1cc(C)cc(NC(=O)CSc2oc(-c3ccc(F)cc3)nc2S(=O)(=O)c2ccc(F)cc2)c1. The number of nitrogens with one attached hydrogen (secondary N) is 1. The molecule has 0 aliphatic rings. The minimum absolute atomic E-state index is 0.0529. The minimum atomic E-state index is -4.20. The fourth-order valence-electron chi connectivity index (χ4n) is 3.37. The van der Waals surface area contributed by atoms with E-state index in [-0.39, 0.29) is 27.5 Å². The van der Waals surface area contributed by atoms with Crippen LogP contribution in [0.15, 0.2) is 86.2 Å². The number of rotatable bonds is 7. The molecule has 0 aliphatic heterocycles. The van der Waals surface area contributed by atoms with Crippen molar-refractivity contribution in [1.29, 1.82) is 0 Å². The lowest BCUT2D eigenvalue weighted by atomic mass is 10.1. The second-order valence-corrected chi connectivity index (χ2v) is 10.6. The molecule has 1 heterocycles. The summed E-state index contributed by atoms with van der Waals surface area (Å²) in [6.45, 7) is 3.82. The van der Waals surface area contributed by atoms with Crippen LogP contribution < -0.4 is 5.32 Å². The van der Waals surface area contributed by atoms with Gasteiger partial charge >= 0.3 is 0 Å². The topological polar surface area (TPSA) is 89.3 Å². The first kappa shape index (κ1) is 24.6. The molecule has 0 spiro atoms. The van der Waals surface area contributed by atoms with Gasteiger partial charge in [0.15, 0.2) is 0 Å². The summed E-state index contributed by atoms with van der Waals surface area (Å²) in [5, 5.41) is 2.26.